The molecule has 6 heteroatoms. The van der Waals surface area contributed by atoms with Gasteiger partial charge < -0.3 is 15.3 Å². The number of halogens is 1. The zero-order chi connectivity index (χ0) is 12.9. The molecule has 0 atom stereocenters. The number of carbonyl (C=O) groups excluding carboxylic acids is 1. The predicted octanol–water partition coefficient (Wildman–Crippen LogP) is 1.02. The maximum Gasteiger partial charge on any atom is 0.334 e. The highest BCUT2D eigenvalue weighted by Crippen LogP contribution is 2.13. The Balaban J connectivity index is 2.40. The van der Waals surface area contributed by atoms with Crippen molar-refractivity contribution in [2.24, 2.45) is 0 Å². The van der Waals surface area contributed by atoms with Crippen LogP contribution in [0.3, 0.4) is 0 Å². The minimum absolute atomic E-state index is 0.0588. The summed E-state index contributed by atoms with van der Waals surface area (Å²) in [6, 6.07) is -0.140. The van der Waals surface area contributed by atoms with Gasteiger partial charge >= 0.3 is 6.03 Å². The van der Waals surface area contributed by atoms with Gasteiger partial charge in [0.25, 0.3) is 0 Å². The van der Waals surface area contributed by atoms with E-state index >= 15 is 0 Å². The van der Waals surface area contributed by atoms with Crippen LogP contribution in [0, 0.1) is 0 Å². The average Bonchev–Trinajstić information content (AvgIpc) is 2.27. The van der Waals surface area contributed by atoms with Gasteiger partial charge in [-0.2, -0.15) is 0 Å². The fourth-order valence-corrected chi connectivity index (χ4v) is 2.14. The Morgan fingerprint density at radius 1 is 1.53 bits per heavy atom. The van der Waals surface area contributed by atoms with Crippen LogP contribution in [0.15, 0.2) is 0 Å². The fraction of sp³-hybridized carbons (Fsp3) is 0.909. The lowest BCUT2D eigenvalue weighted by Gasteiger charge is -2.39. The molecule has 17 heavy (non-hydrogen) atoms. The molecule has 0 aromatic rings. The number of piperazine rings is 1. The van der Waals surface area contributed by atoms with Gasteiger partial charge in [0.15, 0.2) is 0 Å². The minimum Gasteiger partial charge on any atom is -0.396 e. The Kier molecular flexibility index (Phi) is 5.49. The Morgan fingerprint density at radius 2 is 2.24 bits per heavy atom. The standard InChI is InChI=1S/C11H22ClN3O2/c1-11(2)9-14(7-5-13-11)10(17)15(12)6-3-4-8-16/h13,16H,3-9H2,1-2H3. The first-order valence-electron chi connectivity index (χ1n) is 6.04. The highest BCUT2D eigenvalue weighted by Gasteiger charge is 2.30. The summed E-state index contributed by atoms with van der Waals surface area (Å²) in [5.74, 6) is 0. The van der Waals surface area contributed by atoms with Crippen molar-refractivity contribution in [1.29, 1.82) is 0 Å². The molecular formula is C11H22ClN3O2. The normalized spacial score (nSPS) is 19.2. The SMILES string of the molecule is CC1(C)CN(C(=O)N(Cl)CCCCO)CCN1. The molecule has 2 N–H and O–H groups in total. The first-order valence-corrected chi connectivity index (χ1v) is 6.38. The van der Waals surface area contributed by atoms with Crippen LogP contribution in [0.2, 0.25) is 0 Å². The molecule has 0 aliphatic carbocycles. The van der Waals surface area contributed by atoms with E-state index in [1.165, 1.54) is 4.42 Å². The molecule has 0 bridgehead atoms. The summed E-state index contributed by atoms with van der Waals surface area (Å²) < 4.78 is 1.22. The average molecular weight is 264 g/mol. The number of rotatable bonds is 4. The first kappa shape index (κ1) is 14.5. The van der Waals surface area contributed by atoms with Crippen molar-refractivity contribution >= 4 is 17.8 Å². The van der Waals surface area contributed by atoms with Gasteiger partial charge in [0.2, 0.25) is 0 Å². The van der Waals surface area contributed by atoms with Crippen molar-refractivity contribution in [2.45, 2.75) is 32.2 Å². The smallest absolute Gasteiger partial charge is 0.334 e. The van der Waals surface area contributed by atoms with E-state index in [9.17, 15) is 4.79 Å². The van der Waals surface area contributed by atoms with E-state index in [1.54, 1.807) is 4.90 Å². The maximum absolute atomic E-state index is 12.0. The molecule has 1 heterocycles. The molecule has 0 spiro atoms. The van der Waals surface area contributed by atoms with E-state index < -0.39 is 0 Å². The number of amides is 2. The quantitative estimate of drug-likeness (QED) is 0.588. The second-order valence-corrected chi connectivity index (χ2v) is 5.44. The molecular weight excluding hydrogens is 242 g/mol. The number of nitrogens with one attached hydrogen (secondary N) is 1. The molecule has 1 rings (SSSR count). The van der Waals surface area contributed by atoms with Crippen LogP contribution in [-0.2, 0) is 0 Å². The largest absolute Gasteiger partial charge is 0.396 e. The van der Waals surface area contributed by atoms with E-state index in [-0.39, 0.29) is 18.2 Å². The van der Waals surface area contributed by atoms with Gasteiger partial charge in [-0.05, 0) is 26.7 Å². The maximum atomic E-state index is 12.0. The Morgan fingerprint density at radius 3 is 2.82 bits per heavy atom. The lowest BCUT2D eigenvalue weighted by atomic mass is 10.0. The number of unbranched alkanes of at least 4 members (excludes halogenated alkanes) is 1. The summed E-state index contributed by atoms with van der Waals surface area (Å²) in [4.78, 5) is 13.8. The molecule has 0 aromatic carbocycles. The molecule has 5 nitrogen and oxygen atoms in total. The van der Waals surface area contributed by atoms with Gasteiger partial charge in [-0.15, -0.1) is 0 Å². The van der Waals surface area contributed by atoms with Crippen LogP contribution < -0.4 is 5.32 Å². The molecule has 0 unspecified atom stereocenters. The molecule has 1 saturated heterocycles. The number of aliphatic hydroxyl groups is 1. The summed E-state index contributed by atoms with van der Waals surface area (Å²) in [6.45, 7) is 6.89. The monoisotopic (exact) mass is 263 g/mol. The van der Waals surface area contributed by atoms with Gasteiger partial charge in [-0.3, -0.25) is 0 Å². The number of aliphatic hydroxyl groups excluding tert-OH is 1. The highest BCUT2D eigenvalue weighted by molar-refractivity contribution is 6.20. The van der Waals surface area contributed by atoms with Crippen molar-refractivity contribution in [2.75, 3.05) is 32.8 Å². The molecule has 0 radical (unpaired) electrons. The Hall–Kier alpha value is -0.520. The molecule has 2 amide bonds. The highest BCUT2D eigenvalue weighted by atomic mass is 35.5. The number of carbonyl (C=O) groups is 1. The molecule has 0 aromatic heterocycles. The van der Waals surface area contributed by atoms with E-state index in [0.29, 0.717) is 26.1 Å². The van der Waals surface area contributed by atoms with Gasteiger partial charge in [-0.1, -0.05) is 0 Å². The summed E-state index contributed by atoms with van der Waals surface area (Å²) in [5, 5.41) is 12.0. The number of hydrogen-bond acceptors (Lipinski definition) is 3. The van der Waals surface area contributed by atoms with Crippen molar-refractivity contribution in [3.8, 4) is 0 Å². The lowest BCUT2D eigenvalue weighted by molar-refractivity contribution is 0.139. The van der Waals surface area contributed by atoms with Crippen LogP contribution in [0.5, 0.6) is 0 Å². The van der Waals surface area contributed by atoms with E-state index in [0.717, 1.165) is 13.0 Å². The van der Waals surface area contributed by atoms with E-state index in [1.807, 2.05) is 0 Å². The second-order valence-electron chi connectivity index (χ2n) is 5.03. The molecule has 0 saturated carbocycles. The zero-order valence-corrected chi connectivity index (χ0v) is 11.3. The van der Waals surface area contributed by atoms with Crippen LogP contribution in [0.1, 0.15) is 26.7 Å². The summed E-state index contributed by atoms with van der Waals surface area (Å²) in [6.07, 6.45) is 1.39. The van der Waals surface area contributed by atoms with Crippen molar-refractivity contribution in [3.63, 3.8) is 0 Å². The van der Waals surface area contributed by atoms with Crippen LogP contribution in [0.4, 0.5) is 4.79 Å². The summed E-state index contributed by atoms with van der Waals surface area (Å²) in [7, 11) is 0. The molecule has 1 aliphatic rings. The second kappa shape index (κ2) is 6.42. The van der Waals surface area contributed by atoms with Gasteiger partial charge in [-0.25, -0.2) is 9.21 Å². The third-order valence-corrected chi connectivity index (χ3v) is 3.13. The first-order chi connectivity index (χ1) is 7.96. The lowest BCUT2D eigenvalue weighted by Crippen LogP contribution is -2.59. The third-order valence-electron chi connectivity index (χ3n) is 2.81. The zero-order valence-electron chi connectivity index (χ0n) is 10.6. The summed E-state index contributed by atoms with van der Waals surface area (Å²) >= 11 is 5.93. The van der Waals surface area contributed by atoms with Gasteiger partial charge in [0.05, 0.1) is 0 Å². The van der Waals surface area contributed by atoms with Crippen molar-refractivity contribution in [3.05, 3.63) is 0 Å². The third kappa shape index (κ3) is 4.69. The topological polar surface area (TPSA) is 55.8 Å². The molecule has 1 aliphatic heterocycles. The van der Waals surface area contributed by atoms with Crippen LogP contribution in [0.25, 0.3) is 0 Å². The summed E-state index contributed by atoms with van der Waals surface area (Å²) in [5.41, 5.74) is -0.0588. The van der Waals surface area contributed by atoms with Gasteiger partial charge in [0, 0.05) is 50.1 Å². The molecule has 1 fully saturated rings. The van der Waals surface area contributed by atoms with E-state index in [2.05, 4.69) is 19.2 Å². The number of nitrogens with zero attached hydrogens (tertiary/aromatic N) is 2. The van der Waals surface area contributed by atoms with Crippen molar-refractivity contribution in [1.82, 2.24) is 14.6 Å². The number of urea groups is 1. The Bertz CT molecular complexity index is 261. The fourth-order valence-electron chi connectivity index (χ4n) is 1.92. The Labute approximate surface area is 108 Å². The van der Waals surface area contributed by atoms with E-state index in [4.69, 9.17) is 16.9 Å². The van der Waals surface area contributed by atoms with Gasteiger partial charge in [0.1, 0.15) is 0 Å². The van der Waals surface area contributed by atoms with Crippen LogP contribution >= 0.6 is 11.8 Å². The van der Waals surface area contributed by atoms with Crippen LogP contribution in [-0.4, -0.2) is 58.8 Å². The molecule has 100 valence electrons. The number of hydrogen-bond donors (Lipinski definition) is 2. The minimum atomic E-state index is -0.140. The van der Waals surface area contributed by atoms with Crippen molar-refractivity contribution < 1.29 is 9.90 Å². The predicted molar refractivity (Wildman–Crippen MR) is 67.9 cm³/mol.